The minimum atomic E-state index is -0.200. The molecular formula is C13H26N4O3. The average molecular weight is 286 g/mol. The van der Waals surface area contributed by atoms with Crippen molar-refractivity contribution >= 4 is 11.8 Å². The van der Waals surface area contributed by atoms with Gasteiger partial charge in [-0.2, -0.15) is 0 Å². The van der Waals surface area contributed by atoms with Gasteiger partial charge in [-0.25, -0.2) is 0 Å². The summed E-state index contributed by atoms with van der Waals surface area (Å²) in [5, 5.41) is 8.21. The Hall–Kier alpha value is -1.18. The molecule has 0 radical (unpaired) electrons. The molecule has 1 atom stereocenters. The molecule has 1 aliphatic heterocycles. The molecule has 1 aliphatic carbocycles. The standard InChI is InChI=1S/C7H14N2O2.C6H12N2O/c1-8-7(10)6-5-11-4-3-9(6)2;1-7-5(9)6(8-2)3-4-6/h6H,3-5H2,1-2H3,(H,8,10);8H,3-4H2,1-2H3,(H,7,9). The summed E-state index contributed by atoms with van der Waals surface area (Å²) in [6.45, 7) is 2.07. The van der Waals surface area contributed by atoms with Crippen LogP contribution in [-0.2, 0) is 14.3 Å². The highest BCUT2D eigenvalue weighted by molar-refractivity contribution is 5.89. The van der Waals surface area contributed by atoms with Crippen molar-refractivity contribution in [3.8, 4) is 0 Å². The molecule has 0 aromatic rings. The fourth-order valence-corrected chi connectivity index (χ4v) is 2.08. The van der Waals surface area contributed by atoms with E-state index in [0.29, 0.717) is 6.61 Å². The van der Waals surface area contributed by atoms with Gasteiger partial charge >= 0.3 is 0 Å². The second kappa shape index (κ2) is 7.56. The smallest absolute Gasteiger partial charge is 0.240 e. The number of ether oxygens (including phenoxy) is 1. The van der Waals surface area contributed by atoms with Gasteiger partial charge in [0.25, 0.3) is 0 Å². The summed E-state index contributed by atoms with van der Waals surface area (Å²) >= 11 is 0. The molecule has 1 saturated carbocycles. The second-order valence-electron chi connectivity index (χ2n) is 5.10. The summed E-state index contributed by atoms with van der Waals surface area (Å²) < 4.78 is 5.17. The number of amides is 2. The third kappa shape index (κ3) is 4.16. The first-order valence-corrected chi connectivity index (χ1v) is 6.91. The summed E-state index contributed by atoms with van der Waals surface area (Å²) in [6.07, 6.45) is 1.95. The summed E-state index contributed by atoms with van der Waals surface area (Å²) in [6, 6.07) is -0.103. The molecule has 0 aromatic heterocycles. The van der Waals surface area contributed by atoms with E-state index in [1.54, 1.807) is 14.1 Å². The van der Waals surface area contributed by atoms with Crippen LogP contribution in [0.5, 0.6) is 0 Å². The number of morpholine rings is 1. The number of nitrogens with zero attached hydrogens (tertiary/aromatic N) is 1. The fourth-order valence-electron chi connectivity index (χ4n) is 2.08. The Balaban J connectivity index is 0.000000204. The number of carbonyl (C=O) groups is 2. The van der Waals surface area contributed by atoms with Crippen molar-refractivity contribution in [2.24, 2.45) is 0 Å². The Labute approximate surface area is 120 Å². The van der Waals surface area contributed by atoms with Crippen LogP contribution in [0.3, 0.4) is 0 Å². The molecule has 1 unspecified atom stereocenters. The first-order valence-electron chi connectivity index (χ1n) is 6.91. The number of rotatable bonds is 3. The maximum absolute atomic E-state index is 11.1. The monoisotopic (exact) mass is 286 g/mol. The van der Waals surface area contributed by atoms with Crippen molar-refractivity contribution in [3.63, 3.8) is 0 Å². The van der Waals surface area contributed by atoms with Crippen LogP contribution < -0.4 is 16.0 Å². The third-order valence-electron chi connectivity index (χ3n) is 3.84. The van der Waals surface area contributed by atoms with E-state index in [9.17, 15) is 9.59 Å². The zero-order valence-corrected chi connectivity index (χ0v) is 12.8. The number of hydrogen-bond donors (Lipinski definition) is 3. The zero-order valence-electron chi connectivity index (χ0n) is 12.8. The van der Waals surface area contributed by atoms with Gasteiger partial charge in [0.05, 0.1) is 18.8 Å². The Bertz CT molecular complexity index is 345. The lowest BCUT2D eigenvalue weighted by atomic mass is 10.2. The minimum absolute atomic E-state index is 0.0344. The van der Waals surface area contributed by atoms with Gasteiger partial charge in [0, 0.05) is 20.6 Å². The molecule has 0 bridgehead atoms. The van der Waals surface area contributed by atoms with Gasteiger partial charge in [0.2, 0.25) is 11.8 Å². The maximum Gasteiger partial charge on any atom is 0.240 e. The highest BCUT2D eigenvalue weighted by Crippen LogP contribution is 2.34. The Morgan fingerprint density at radius 3 is 2.20 bits per heavy atom. The van der Waals surface area contributed by atoms with E-state index in [-0.39, 0.29) is 23.4 Å². The molecule has 2 fully saturated rings. The van der Waals surface area contributed by atoms with Gasteiger partial charge in [0.1, 0.15) is 6.04 Å². The predicted molar refractivity (Wildman–Crippen MR) is 76.4 cm³/mol. The van der Waals surface area contributed by atoms with E-state index in [1.165, 1.54) is 0 Å². The van der Waals surface area contributed by atoms with Gasteiger partial charge < -0.3 is 20.7 Å². The van der Waals surface area contributed by atoms with Gasteiger partial charge in [0.15, 0.2) is 0 Å². The molecule has 0 aromatic carbocycles. The second-order valence-corrected chi connectivity index (χ2v) is 5.10. The molecule has 3 N–H and O–H groups in total. The van der Waals surface area contributed by atoms with Crippen molar-refractivity contribution in [2.45, 2.75) is 24.4 Å². The number of likely N-dealkylation sites (N-methyl/N-ethyl adjacent to an activating group) is 4. The number of nitrogens with one attached hydrogen (secondary N) is 3. The normalized spacial score (nSPS) is 24.1. The van der Waals surface area contributed by atoms with E-state index in [2.05, 4.69) is 16.0 Å². The quantitative estimate of drug-likeness (QED) is 0.591. The summed E-state index contributed by atoms with van der Waals surface area (Å²) in [4.78, 5) is 24.1. The molecule has 1 saturated heterocycles. The van der Waals surface area contributed by atoms with Crippen LogP contribution in [0, 0.1) is 0 Å². The van der Waals surface area contributed by atoms with Crippen LogP contribution in [-0.4, -0.2) is 76.2 Å². The van der Waals surface area contributed by atoms with E-state index in [1.807, 2.05) is 19.0 Å². The molecule has 1 heterocycles. The number of carbonyl (C=O) groups excluding carboxylic acids is 2. The lowest BCUT2D eigenvalue weighted by Gasteiger charge is -2.30. The van der Waals surface area contributed by atoms with Crippen LogP contribution in [0.2, 0.25) is 0 Å². The zero-order chi connectivity index (χ0) is 15.2. The van der Waals surface area contributed by atoms with Crippen molar-refractivity contribution in [1.29, 1.82) is 0 Å². The fraction of sp³-hybridized carbons (Fsp3) is 0.846. The van der Waals surface area contributed by atoms with E-state index >= 15 is 0 Å². The molecule has 7 heteroatoms. The first-order chi connectivity index (χ1) is 9.50. The van der Waals surface area contributed by atoms with Crippen LogP contribution >= 0.6 is 0 Å². The van der Waals surface area contributed by atoms with Gasteiger partial charge in [-0.15, -0.1) is 0 Å². The maximum atomic E-state index is 11.1. The minimum Gasteiger partial charge on any atom is -0.378 e. The van der Waals surface area contributed by atoms with Crippen molar-refractivity contribution in [2.75, 3.05) is 47.9 Å². The largest absolute Gasteiger partial charge is 0.378 e. The van der Waals surface area contributed by atoms with Crippen LogP contribution in [0.15, 0.2) is 0 Å². The molecule has 116 valence electrons. The molecule has 2 amide bonds. The summed E-state index contributed by atoms with van der Waals surface area (Å²) in [7, 11) is 7.06. The highest BCUT2D eigenvalue weighted by atomic mass is 16.5. The molecule has 7 nitrogen and oxygen atoms in total. The Morgan fingerprint density at radius 2 is 1.85 bits per heavy atom. The van der Waals surface area contributed by atoms with Crippen LogP contribution in [0.4, 0.5) is 0 Å². The molecular weight excluding hydrogens is 260 g/mol. The predicted octanol–water partition coefficient (Wildman–Crippen LogP) is -1.45. The molecule has 2 rings (SSSR count). The SMILES string of the molecule is CNC(=O)C1(NC)CC1.CNC(=O)C1COCCN1C. The Morgan fingerprint density at radius 1 is 1.20 bits per heavy atom. The summed E-state index contributed by atoms with van der Waals surface area (Å²) in [5.74, 6) is 0.150. The van der Waals surface area contributed by atoms with Gasteiger partial charge in [-0.05, 0) is 26.9 Å². The third-order valence-corrected chi connectivity index (χ3v) is 3.84. The van der Waals surface area contributed by atoms with Crippen LogP contribution in [0.1, 0.15) is 12.8 Å². The topological polar surface area (TPSA) is 82.7 Å². The van der Waals surface area contributed by atoms with E-state index in [0.717, 1.165) is 26.0 Å². The van der Waals surface area contributed by atoms with E-state index in [4.69, 9.17) is 4.74 Å². The van der Waals surface area contributed by atoms with Crippen molar-refractivity contribution in [3.05, 3.63) is 0 Å². The average Bonchev–Trinajstić information content (AvgIpc) is 3.28. The first kappa shape index (κ1) is 16.9. The molecule has 20 heavy (non-hydrogen) atoms. The van der Waals surface area contributed by atoms with Gasteiger partial charge in [-0.1, -0.05) is 0 Å². The van der Waals surface area contributed by atoms with Crippen molar-refractivity contribution < 1.29 is 14.3 Å². The summed E-state index contributed by atoms with van der Waals surface area (Å²) in [5.41, 5.74) is -0.200. The van der Waals surface area contributed by atoms with Gasteiger partial charge in [-0.3, -0.25) is 14.5 Å². The van der Waals surface area contributed by atoms with Crippen molar-refractivity contribution in [1.82, 2.24) is 20.9 Å². The Kier molecular flexibility index (Phi) is 6.38. The molecule has 0 spiro atoms. The van der Waals surface area contributed by atoms with Crippen LogP contribution in [0.25, 0.3) is 0 Å². The lowest BCUT2D eigenvalue weighted by Crippen LogP contribution is -2.51. The lowest BCUT2D eigenvalue weighted by molar-refractivity contribution is -0.130. The van der Waals surface area contributed by atoms with E-state index < -0.39 is 0 Å². The molecule has 2 aliphatic rings. The highest BCUT2D eigenvalue weighted by Gasteiger charge is 2.47. The number of hydrogen-bond acceptors (Lipinski definition) is 5.